The summed E-state index contributed by atoms with van der Waals surface area (Å²) in [5, 5.41) is 7.90. The molecule has 0 amide bonds. The lowest BCUT2D eigenvalue weighted by molar-refractivity contribution is -0.112. The van der Waals surface area contributed by atoms with E-state index in [1.165, 1.54) is 54.6 Å². The maximum Gasteiger partial charge on any atom is 0.186 e. The third kappa shape index (κ3) is 1.71. The summed E-state index contributed by atoms with van der Waals surface area (Å²) in [5.41, 5.74) is 6.93. The predicted octanol–water partition coefficient (Wildman–Crippen LogP) is 7.00. The third-order valence-electron chi connectivity index (χ3n) is 6.60. The van der Waals surface area contributed by atoms with Crippen molar-refractivity contribution < 1.29 is 4.79 Å². The van der Waals surface area contributed by atoms with Gasteiger partial charge in [-0.2, -0.15) is 0 Å². The average molecular weight is 362 g/mol. The fourth-order valence-electron chi connectivity index (χ4n) is 5.56. The zero-order chi connectivity index (χ0) is 19.3. The molecule has 6 rings (SSSR count). The number of hydrogen-bond acceptors (Lipinski definition) is 1. The third-order valence-corrected chi connectivity index (χ3v) is 6.60. The molecule has 1 nitrogen and oxygen atoms in total. The minimum atomic E-state index is 0.215. The molecule has 0 radical (unpaired) electrons. The van der Waals surface area contributed by atoms with E-state index in [0.29, 0.717) is 0 Å². The summed E-state index contributed by atoms with van der Waals surface area (Å²) < 4.78 is 0. The number of carbonyl (C=O) groups excluding carboxylic acids is 1. The Hall–Kier alpha value is -2.93. The van der Waals surface area contributed by atoms with Crippen molar-refractivity contribution in [2.24, 2.45) is 11.8 Å². The van der Waals surface area contributed by atoms with E-state index in [2.05, 4.69) is 76.2 Å². The molecule has 0 saturated carbocycles. The first-order valence-corrected chi connectivity index (χ1v) is 10.2. The lowest BCUT2D eigenvalue weighted by atomic mass is 9.87. The maximum atomic E-state index is 13.4. The van der Waals surface area contributed by atoms with Crippen LogP contribution in [0.15, 0.2) is 59.7 Å². The van der Waals surface area contributed by atoms with Gasteiger partial charge in [-0.3, -0.25) is 4.79 Å². The minimum absolute atomic E-state index is 0.215. The number of ketones is 1. The van der Waals surface area contributed by atoms with Crippen LogP contribution in [0.3, 0.4) is 0 Å². The van der Waals surface area contributed by atoms with E-state index in [0.717, 1.165) is 11.1 Å². The zero-order valence-electron chi connectivity index (χ0n) is 16.7. The molecule has 0 aromatic heterocycles. The molecular formula is C27H22O. The molecule has 28 heavy (non-hydrogen) atoms. The van der Waals surface area contributed by atoms with E-state index in [1.54, 1.807) is 0 Å². The van der Waals surface area contributed by atoms with Gasteiger partial charge in [0, 0.05) is 11.1 Å². The second-order valence-corrected chi connectivity index (χ2v) is 8.87. The van der Waals surface area contributed by atoms with Gasteiger partial charge in [-0.05, 0) is 72.5 Å². The summed E-state index contributed by atoms with van der Waals surface area (Å²) in [6.07, 6.45) is 0. The molecule has 136 valence electrons. The lowest BCUT2D eigenvalue weighted by Gasteiger charge is -2.15. The molecule has 0 bridgehead atoms. The van der Waals surface area contributed by atoms with Crippen LogP contribution in [0.25, 0.3) is 43.5 Å². The number of carbonyl (C=O) groups is 1. The molecule has 1 heteroatoms. The van der Waals surface area contributed by atoms with Crippen LogP contribution < -0.4 is 0 Å². The van der Waals surface area contributed by atoms with E-state index in [9.17, 15) is 4.79 Å². The van der Waals surface area contributed by atoms with Crippen molar-refractivity contribution in [3.63, 3.8) is 0 Å². The van der Waals surface area contributed by atoms with Crippen molar-refractivity contribution in [3.8, 4) is 0 Å². The molecule has 0 spiro atoms. The molecule has 0 N–H and O–H groups in total. The number of benzene rings is 4. The Labute approximate surface area is 164 Å². The van der Waals surface area contributed by atoms with E-state index >= 15 is 0 Å². The lowest BCUT2D eigenvalue weighted by Crippen LogP contribution is -2.12. The van der Waals surface area contributed by atoms with Gasteiger partial charge in [-0.1, -0.05) is 70.2 Å². The van der Waals surface area contributed by atoms with E-state index in [1.807, 2.05) is 0 Å². The van der Waals surface area contributed by atoms with Crippen LogP contribution in [-0.2, 0) is 4.79 Å². The second kappa shape index (κ2) is 5.11. The Morgan fingerprint density at radius 3 is 1.86 bits per heavy atom. The summed E-state index contributed by atoms with van der Waals surface area (Å²) >= 11 is 0. The van der Waals surface area contributed by atoms with E-state index in [4.69, 9.17) is 0 Å². The number of fused-ring (bicyclic) bond motifs is 3. The largest absolute Gasteiger partial charge is 0.289 e. The van der Waals surface area contributed by atoms with Crippen molar-refractivity contribution in [2.45, 2.75) is 27.7 Å². The molecule has 0 saturated heterocycles. The van der Waals surface area contributed by atoms with Crippen LogP contribution in [0.2, 0.25) is 0 Å². The molecule has 0 fully saturated rings. The van der Waals surface area contributed by atoms with Crippen LogP contribution >= 0.6 is 0 Å². The minimum Gasteiger partial charge on any atom is -0.289 e. The predicted molar refractivity (Wildman–Crippen MR) is 119 cm³/mol. The SMILES string of the molecule is CC(C)C1=C2C(=C(C(C)C)C1=O)c1cc3cccc4ccc5ccc2c1c5c43. The fourth-order valence-corrected chi connectivity index (χ4v) is 5.56. The van der Waals surface area contributed by atoms with Gasteiger partial charge in [-0.25, -0.2) is 0 Å². The molecule has 4 aromatic carbocycles. The van der Waals surface area contributed by atoms with Gasteiger partial charge >= 0.3 is 0 Å². The molecular weight excluding hydrogens is 340 g/mol. The fraction of sp³-hybridized carbons (Fsp3) is 0.222. The highest BCUT2D eigenvalue weighted by molar-refractivity contribution is 6.41. The number of allylic oxidation sites excluding steroid dienone is 4. The highest BCUT2D eigenvalue weighted by Crippen LogP contribution is 2.57. The Morgan fingerprint density at radius 2 is 1.18 bits per heavy atom. The summed E-state index contributed by atoms with van der Waals surface area (Å²) in [6, 6.07) is 17.8. The highest BCUT2D eigenvalue weighted by Gasteiger charge is 2.41. The number of hydrogen-bond donors (Lipinski definition) is 0. The number of rotatable bonds is 2. The van der Waals surface area contributed by atoms with Crippen molar-refractivity contribution in [3.05, 3.63) is 70.8 Å². The van der Waals surface area contributed by atoms with Gasteiger partial charge < -0.3 is 0 Å². The Morgan fingerprint density at radius 1 is 0.607 bits per heavy atom. The van der Waals surface area contributed by atoms with E-state index in [-0.39, 0.29) is 17.6 Å². The van der Waals surface area contributed by atoms with Gasteiger partial charge in [0.1, 0.15) is 0 Å². The van der Waals surface area contributed by atoms with Gasteiger partial charge in [0.05, 0.1) is 0 Å². The molecule has 0 heterocycles. The summed E-state index contributed by atoms with van der Waals surface area (Å²) in [4.78, 5) is 13.4. The van der Waals surface area contributed by atoms with Crippen LogP contribution in [0.4, 0.5) is 0 Å². The van der Waals surface area contributed by atoms with Gasteiger partial charge in [0.25, 0.3) is 0 Å². The van der Waals surface area contributed by atoms with Crippen LogP contribution in [0, 0.1) is 11.8 Å². The van der Waals surface area contributed by atoms with Crippen molar-refractivity contribution >= 4 is 49.2 Å². The average Bonchev–Trinajstić information content (AvgIpc) is 3.14. The smallest absolute Gasteiger partial charge is 0.186 e. The first-order chi connectivity index (χ1) is 13.5. The van der Waals surface area contributed by atoms with Crippen molar-refractivity contribution in [1.29, 1.82) is 0 Å². The van der Waals surface area contributed by atoms with Crippen LogP contribution in [0.1, 0.15) is 38.8 Å². The molecule has 0 aliphatic heterocycles. The Kier molecular flexibility index (Phi) is 2.93. The quantitative estimate of drug-likeness (QED) is 0.351. The standard InChI is InChI=1S/C27H22O/c1-13(2)20-25-18-11-10-16-9-8-15-6-5-7-17-12-19(24(18)23(16)22(15)17)26(25)21(14(3)4)27(20)28/h5-14H,1-4H3. The van der Waals surface area contributed by atoms with Crippen LogP contribution in [0.5, 0.6) is 0 Å². The van der Waals surface area contributed by atoms with Gasteiger partial charge in [0.2, 0.25) is 0 Å². The molecule has 0 atom stereocenters. The summed E-state index contributed by atoms with van der Waals surface area (Å²) in [5.74, 6) is 0.696. The summed E-state index contributed by atoms with van der Waals surface area (Å²) in [6.45, 7) is 8.60. The topological polar surface area (TPSA) is 17.1 Å². The molecule has 4 aromatic rings. The second-order valence-electron chi connectivity index (χ2n) is 8.87. The normalized spacial score (nSPS) is 16.3. The highest BCUT2D eigenvalue weighted by atomic mass is 16.1. The van der Waals surface area contributed by atoms with Gasteiger partial charge in [0.15, 0.2) is 5.78 Å². The van der Waals surface area contributed by atoms with Gasteiger partial charge in [-0.15, -0.1) is 0 Å². The van der Waals surface area contributed by atoms with Crippen molar-refractivity contribution in [2.75, 3.05) is 0 Å². The first kappa shape index (κ1) is 16.1. The van der Waals surface area contributed by atoms with E-state index < -0.39 is 0 Å². The zero-order valence-corrected chi connectivity index (χ0v) is 16.7. The summed E-state index contributed by atoms with van der Waals surface area (Å²) in [7, 11) is 0. The van der Waals surface area contributed by atoms with Crippen LogP contribution in [-0.4, -0.2) is 5.78 Å². The Balaban J connectivity index is 1.91. The first-order valence-electron chi connectivity index (χ1n) is 10.2. The Bertz CT molecular complexity index is 1410. The maximum absolute atomic E-state index is 13.4. The molecule has 2 aliphatic rings. The number of Topliss-reactive ketones (excluding diaryl/α,β-unsaturated/α-hetero) is 1. The van der Waals surface area contributed by atoms with Crippen molar-refractivity contribution in [1.82, 2.24) is 0 Å². The molecule has 2 aliphatic carbocycles. The monoisotopic (exact) mass is 362 g/mol. The molecule has 0 unspecified atom stereocenters.